The smallest absolute Gasteiger partial charge is 0.303 e. The van der Waals surface area contributed by atoms with Crippen LogP contribution in [0.15, 0.2) is 95.9 Å². The van der Waals surface area contributed by atoms with E-state index in [1.165, 1.54) is 0 Å². The maximum atomic E-state index is 13.2. The Morgan fingerprint density at radius 1 is 0.975 bits per heavy atom. The molecule has 0 heterocycles. The number of hydrogen-bond donors (Lipinski definition) is 3. The molecule has 0 aliphatic heterocycles. The van der Waals surface area contributed by atoms with Crippen molar-refractivity contribution < 1.29 is 28.2 Å². The Balaban J connectivity index is 1.45. The van der Waals surface area contributed by atoms with Crippen molar-refractivity contribution in [1.82, 2.24) is 4.72 Å². The summed E-state index contributed by atoms with van der Waals surface area (Å²) in [6.07, 6.45) is 4.61. The molecule has 1 aliphatic rings. The number of aliphatic hydroxyl groups excluding tert-OH is 1. The van der Waals surface area contributed by atoms with Crippen molar-refractivity contribution in [2.75, 3.05) is 0 Å². The third-order valence-electron chi connectivity index (χ3n) is 7.31. The number of aliphatic hydroxyl groups is 1. The van der Waals surface area contributed by atoms with Gasteiger partial charge < -0.3 is 14.9 Å². The molecule has 4 rings (SSSR count). The standard InChI is InChI=1S/C32H37NO6S/c1-23-13-19-27(20-14-23)40(37,38)33-32-28(11-7-2-3-8-12-31(35)36)30(21-29(32)34)39-22-24-15-17-26(18-16-24)25-9-5-4-6-10-25/h2,4-7,9-10,13-20,28-30,32-34H,3,8,11-12,21-22H2,1H3,(H,35,36)/b7-2-/t28-,29+,30-,32+/m0/s1. The van der Waals surface area contributed by atoms with Crippen LogP contribution < -0.4 is 4.72 Å². The second kappa shape index (κ2) is 13.9. The molecule has 0 spiro atoms. The molecule has 212 valence electrons. The van der Waals surface area contributed by atoms with Gasteiger partial charge in [0.25, 0.3) is 0 Å². The molecule has 8 heteroatoms. The Labute approximate surface area is 236 Å². The van der Waals surface area contributed by atoms with E-state index in [0.29, 0.717) is 32.3 Å². The summed E-state index contributed by atoms with van der Waals surface area (Å²) in [5, 5.41) is 19.8. The number of hydrogen-bond acceptors (Lipinski definition) is 5. The molecule has 4 atom stereocenters. The van der Waals surface area contributed by atoms with E-state index >= 15 is 0 Å². The molecule has 0 saturated heterocycles. The number of carboxylic acids is 1. The Bertz CT molecular complexity index is 1370. The highest BCUT2D eigenvalue weighted by molar-refractivity contribution is 7.89. The van der Waals surface area contributed by atoms with Gasteiger partial charge in [-0.25, -0.2) is 13.1 Å². The number of nitrogens with one attached hydrogen (secondary N) is 1. The van der Waals surface area contributed by atoms with E-state index in [1.54, 1.807) is 24.3 Å². The largest absolute Gasteiger partial charge is 0.481 e. The van der Waals surface area contributed by atoms with Crippen LogP contribution in [0.4, 0.5) is 0 Å². The van der Waals surface area contributed by atoms with Crippen LogP contribution in [0.5, 0.6) is 0 Å². The molecule has 40 heavy (non-hydrogen) atoms. The summed E-state index contributed by atoms with van der Waals surface area (Å²) in [5.41, 5.74) is 4.18. The molecule has 1 saturated carbocycles. The Hall–Kier alpha value is -3.30. The molecule has 0 aromatic heterocycles. The highest BCUT2D eigenvalue weighted by atomic mass is 32.2. The minimum Gasteiger partial charge on any atom is -0.481 e. The zero-order chi connectivity index (χ0) is 28.5. The molecule has 0 amide bonds. The molecule has 3 aromatic carbocycles. The first-order chi connectivity index (χ1) is 19.2. The number of ether oxygens (including phenoxy) is 1. The number of aliphatic carboxylic acids is 1. The molecular formula is C32H37NO6S. The van der Waals surface area contributed by atoms with E-state index in [0.717, 1.165) is 22.3 Å². The second-order valence-electron chi connectivity index (χ2n) is 10.3. The Morgan fingerprint density at radius 3 is 2.33 bits per heavy atom. The van der Waals surface area contributed by atoms with Gasteiger partial charge in [-0.2, -0.15) is 0 Å². The van der Waals surface area contributed by atoms with Gasteiger partial charge in [0.2, 0.25) is 10.0 Å². The van der Waals surface area contributed by atoms with E-state index < -0.39 is 28.1 Å². The van der Waals surface area contributed by atoms with Crippen LogP contribution in [0.2, 0.25) is 0 Å². The van der Waals surface area contributed by atoms with E-state index in [9.17, 15) is 18.3 Å². The van der Waals surface area contributed by atoms with Crippen molar-refractivity contribution in [2.45, 2.75) is 68.8 Å². The van der Waals surface area contributed by atoms with Crippen LogP contribution in [-0.4, -0.2) is 42.8 Å². The molecule has 1 fully saturated rings. The fourth-order valence-electron chi connectivity index (χ4n) is 5.07. The highest BCUT2D eigenvalue weighted by Crippen LogP contribution is 2.34. The fraction of sp³-hybridized carbons (Fsp3) is 0.344. The summed E-state index contributed by atoms with van der Waals surface area (Å²) in [4.78, 5) is 10.9. The lowest BCUT2D eigenvalue weighted by Crippen LogP contribution is -2.44. The van der Waals surface area contributed by atoms with Crippen molar-refractivity contribution in [3.63, 3.8) is 0 Å². The summed E-state index contributed by atoms with van der Waals surface area (Å²) in [5.74, 6) is -1.13. The van der Waals surface area contributed by atoms with Gasteiger partial charge in [0.05, 0.1) is 29.8 Å². The summed E-state index contributed by atoms with van der Waals surface area (Å²) < 4.78 is 35.4. The Morgan fingerprint density at radius 2 is 1.65 bits per heavy atom. The minimum atomic E-state index is -3.85. The van der Waals surface area contributed by atoms with Gasteiger partial charge in [0, 0.05) is 18.8 Å². The van der Waals surface area contributed by atoms with Gasteiger partial charge in [-0.3, -0.25) is 4.79 Å². The SMILES string of the molecule is Cc1ccc(S(=O)(=O)N[C@@H]2[C@@H](C/C=C\CCCC(=O)O)[C@@H](OCc3ccc(-c4ccccc4)cc3)C[C@H]2O)cc1. The third-order valence-corrected chi connectivity index (χ3v) is 8.79. The predicted molar refractivity (Wildman–Crippen MR) is 155 cm³/mol. The van der Waals surface area contributed by atoms with Crippen LogP contribution in [0.1, 0.15) is 43.2 Å². The summed E-state index contributed by atoms with van der Waals surface area (Å²) in [6.45, 7) is 2.23. The number of carboxylic acid groups (broad SMARTS) is 1. The van der Waals surface area contributed by atoms with E-state index in [-0.39, 0.29) is 23.3 Å². The predicted octanol–water partition coefficient (Wildman–Crippen LogP) is 5.48. The molecule has 0 bridgehead atoms. The average molecular weight is 564 g/mol. The lowest BCUT2D eigenvalue weighted by molar-refractivity contribution is -0.137. The van der Waals surface area contributed by atoms with E-state index in [4.69, 9.17) is 9.84 Å². The second-order valence-corrected chi connectivity index (χ2v) is 12.0. The number of unbranched alkanes of at least 4 members (excludes halogenated alkanes) is 1. The number of sulfonamides is 1. The molecule has 3 N–H and O–H groups in total. The molecule has 1 aliphatic carbocycles. The zero-order valence-corrected chi connectivity index (χ0v) is 23.5. The van der Waals surface area contributed by atoms with Gasteiger partial charge in [0.1, 0.15) is 0 Å². The highest BCUT2D eigenvalue weighted by Gasteiger charge is 2.44. The number of benzene rings is 3. The quantitative estimate of drug-likeness (QED) is 0.188. The summed E-state index contributed by atoms with van der Waals surface area (Å²) in [6, 6.07) is 24.1. The zero-order valence-electron chi connectivity index (χ0n) is 22.6. The van der Waals surface area contributed by atoms with Gasteiger partial charge in [-0.15, -0.1) is 0 Å². The topological polar surface area (TPSA) is 113 Å². The molecule has 0 radical (unpaired) electrons. The van der Waals surface area contributed by atoms with E-state index in [2.05, 4.69) is 16.9 Å². The van der Waals surface area contributed by atoms with Gasteiger partial charge >= 0.3 is 5.97 Å². The summed E-state index contributed by atoms with van der Waals surface area (Å²) >= 11 is 0. The average Bonchev–Trinajstić information content (AvgIpc) is 3.23. The normalized spacial score (nSPS) is 21.1. The van der Waals surface area contributed by atoms with Crippen molar-refractivity contribution in [3.05, 3.63) is 102 Å². The lowest BCUT2D eigenvalue weighted by Gasteiger charge is -2.25. The number of aryl methyl sites for hydroxylation is 1. The number of rotatable bonds is 13. The fourth-order valence-corrected chi connectivity index (χ4v) is 6.39. The van der Waals surface area contributed by atoms with Crippen molar-refractivity contribution >= 4 is 16.0 Å². The van der Waals surface area contributed by atoms with Gasteiger partial charge in [-0.05, 0) is 55.0 Å². The third kappa shape index (κ3) is 8.11. The molecule has 3 aromatic rings. The number of allylic oxidation sites excluding steroid dienone is 2. The minimum absolute atomic E-state index is 0.0975. The number of carbonyl (C=O) groups is 1. The molecule has 7 nitrogen and oxygen atoms in total. The van der Waals surface area contributed by atoms with Crippen molar-refractivity contribution in [3.8, 4) is 11.1 Å². The van der Waals surface area contributed by atoms with Crippen LogP contribution in [0, 0.1) is 12.8 Å². The summed E-state index contributed by atoms with van der Waals surface area (Å²) in [7, 11) is -3.85. The van der Waals surface area contributed by atoms with Crippen LogP contribution in [-0.2, 0) is 26.2 Å². The molecular weight excluding hydrogens is 526 g/mol. The maximum absolute atomic E-state index is 13.2. The van der Waals surface area contributed by atoms with Crippen LogP contribution in [0.3, 0.4) is 0 Å². The first-order valence-corrected chi connectivity index (χ1v) is 15.1. The van der Waals surface area contributed by atoms with Crippen molar-refractivity contribution in [2.24, 2.45) is 5.92 Å². The first-order valence-electron chi connectivity index (χ1n) is 13.6. The Kier molecular flexibility index (Phi) is 10.3. The molecule has 0 unspecified atom stereocenters. The van der Waals surface area contributed by atoms with Crippen LogP contribution in [0.25, 0.3) is 11.1 Å². The monoisotopic (exact) mass is 563 g/mol. The maximum Gasteiger partial charge on any atom is 0.303 e. The van der Waals surface area contributed by atoms with Gasteiger partial charge in [-0.1, -0.05) is 84.4 Å². The lowest BCUT2D eigenvalue weighted by atomic mass is 9.97. The van der Waals surface area contributed by atoms with Crippen LogP contribution >= 0.6 is 0 Å². The van der Waals surface area contributed by atoms with E-state index in [1.807, 2.05) is 61.5 Å². The first kappa shape index (κ1) is 29.7. The van der Waals surface area contributed by atoms with Gasteiger partial charge in [0.15, 0.2) is 0 Å². The van der Waals surface area contributed by atoms with Crippen molar-refractivity contribution in [1.29, 1.82) is 0 Å².